The Labute approximate surface area is 213 Å². The van der Waals surface area contributed by atoms with Gasteiger partial charge in [-0.15, -0.1) is 0 Å². The molecule has 0 heterocycles. The molecule has 1 aromatic rings. The van der Waals surface area contributed by atoms with E-state index >= 15 is 0 Å². The number of carbonyl (C=O) groups excluding carboxylic acids is 1. The van der Waals surface area contributed by atoms with Crippen molar-refractivity contribution in [2.45, 2.75) is 109 Å². The molecule has 35 heavy (non-hydrogen) atoms. The number of hydrogen-bond acceptors (Lipinski definition) is 5. The molecule has 0 spiro atoms. The van der Waals surface area contributed by atoms with Gasteiger partial charge in [0, 0.05) is 13.0 Å². The first-order valence-electron chi connectivity index (χ1n) is 13.7. The molecular formula is C29H50N2O4. The van der Waals surface area contributed by atoms with Gasteiger partial charge >= 0.3 is 0 Å². The van der Waals surface area contributed by atoms with E-state index in [2.05, 4.69) is 24.4 Å². The van der Waals surface area contributed by atoms with E-state index in [0.29, 0.717) is 24.5 Å². The van der Waals surface area contributed by atoms with Crippen molar-refractivity contribution in [3.05, 3.63) is 35.9 Å². The Balaban J connectivity index is 2.06. The molecule has 200 valence electrons. The van der Waals surface area contributed by atoms with Crippen LogP contribution in [0.3, 0.4) is 0 Å². The smallest absolute Gasteiger partial charge is 0.220 e. The highest BCUT2D eigenvalue weighted by atomic mass is 16.5. The van der Waals surface area contributed by atoms with Crippen LogP contribution < -0.4 is 20.5 Å². The Morgan fingerprint density at radius 2 is 1.60 bits per heavy atom. The first kappa shape index (κ1) is 31.0. The largest absolute Gasteiger partial charge is 0.493 e. The van der Waals surface area contributed by atoms with E-state index in [0.717, 1.165) is 18.4 Å². The molecule has 0 bridgehead atoms. The summed E-state index contributed by atoms with van der Waals surface area (Å²) in [7, 11) is 1.57. The zero-order valence-corrected chi connectivity index (χ0v) is 22.2. The highest BCUT2D eigenvalue weighted by molar-refractivity contribution is 5.75. The van der Waals surface area contributed by atoms with E-state index < -0.39 is 6.04 Å². The lowest BCUT2D eigenvalue weighted by atomic mass is 10.1. The number of aliphatic hydroxyl groups is 1. The molecule has 6 nitrogen and oxygen atoms in total. The molecule has 0 saturated carbocycles. The van der Waals surface area contributed by atoms with Crippen molar-refractivity contribution in [2.24, 2.45) is 5.73 Å². The molecule has 1 amide bonds. The second-order valence-corrected chi connectivity index (χ2v) is 9.35. The number of ether oxygens (including phenoxy) is 2. The second-order valence-electron chi connectivity index (χ2n) is 9.35. The van der Waals surface area contributed by atoms with Gasteiger partial charge in [-0.25, -0.2) is 0 Å². The number of allylic oxidation sites excluding steroid dienone is 2. The SMILES string of the molecule is CCCCCCCCC=CCCCCCCCC(=O)NCc1ccc(OCC(N)CO)c(OC)c1. The molecule has 0 aliphatic heterocycles. The number of nitrogens with one attached hydrogen (secondary N) is 1. The fourth-order valence-electron chi connectivity index (χ4n) is 3.84. The lowest BCUT2D eigenvalue weighted by molar-refractivity contribution is -0.121. The van der Waals surface area contributed by atoms with Gasteiger partial charge in [0.25, 0.3) is 0 Å². The summed E-state index contributed by atoms with van der Waals surface area (Å²) in [5.41, 5.74) is 6.62. The van der Waals surface area contributed by atoms with Crippen molar-refractivity contribution >= 4 is 5.91 Å². The maximum absolute atomic E-state index is 12.2. The van der Waals surface area contributed by atoms with Crippen molar-refractivity contribution < 1.29 is 19.4 Å². The van der Waals surface area contributed by atoms with Crippen LogP contribution in [0, 0.1) is 0 Å². The molecule has 1 rings (SSSR count). The Kier molecular flexibility index (Phi) is 18.8. The quantitative estimate of drug-likeness (QED) is 0.136. The third-order valence-corrected chi connectivity index (χ3v) is 6.07. The van der Waals surface area contributed by atoms with Gasteiger partial charge in [0.05, 0.1) is 19.8 Å². The summed E-state index contributed by atoms with van der Waals surface area (Å²) >= 11 is 0. The summed E-state index contributed by atoms with van der Waals surface area (Å²) < 4.78 is 11.0. The molecule has 0 aliphatic rings. The molecule has 0 aliphatic carbocycles. The standard InChI is InChI=1S/C29H50N2O4/c1-3-4-5-6-7-8-9-10-11-12-13-14-15-16-17-18-29(33)31-22-25-19-20-27(28(21-25)34-2)35-24-26(30)23-32/h10-11,19-21,26,32H,3-9,12-18,22-24,30H2,1-2H3,(H,31,33). The molecule has 6 heteroatoms. The van der Waals surface area contributed by atoms with Gasteiger partial charge < -0.3 is 25.6 Å². The summed E-state index contributed by atoms with van der Waals surface area (Å²) in [6.45, 7) is 2.79. The van der Waals surface area contributed by atoms with Crippen LogP contribution in [0.5, 0.6) is 11.5 Å². The highest BCUT2D eigenvalue weighted by Crippen LogP contribution is 2.28. The second kappa shape index (κ2) is 21.3. The van der Waals surface area contributed by atoms with E-state index in [-0.39, 0.29) is 19.1 Å². The minimum atomic E-state index is -0.435. The lowest BCUT2D eigenvalue weighted by Crippen LogP contribution is -2.31. The van der Waals surface area contributed by atoms with Crippen LogP contribution in [0.25, 0.3) is 0 Å². The van der Waals surface area contributed by atoms with Crippen molar-refractivity contribution in [3.63, 3.8) is 0 Å². The van der Waals surface area contributed by atoms with Crippen molar-refractivity contribution in [3.8, 4) is 11.5 Å². The van der Waals surface area contributed by atoms with Gasteiger partial charge in [-0.3, -0.25) is 4.79 Å². The molecule has 1 atom stereocenters. The number of aliphatic hydroxyl groups excluding tert-OH is 1. The summed E-state index contributed by atoms with van der Waals surface area (Å²) in [6, 6.07) is 5.11. The van der Waals surface area contributed by atoms with E-state index in [4.69, 9.17) is 20.3 Å². The average molecular weight is 491 g/mol. The Hall–Kier alpha value is -2.05. The third kappa shape index (κ3) is 16.3. The fraction of sp³-hybridized carbons (Fsp3) is 0.690. The minimum Gasteiger partial charge on any atom is -0.493 e. The van der Waals surface area contributed by atoms with Crippen molar-refractivity contribution in [2.75, 3.05) is 20.3 Å². The van der Waals surface area contributed by atoms with Crippen molar-refractivity contribution in [1.29, 1.82) is 0 Å². The van der Waals surface area contributed by atoms with Gasteiger partial charge in [-0.1, -0.05) is 76.5 Å². The first-order valence-corrected chi connectivity index (χ1v) is 13.7. The summed E-state index contributed by atoms with van der Waals surface area (Å²) in [6.07, 6.45) is 21.6. The van der Waals surface area contributed by atoms with E-state index in [1.807, 2.05) is 12.1 Å². The number of methoxy groups -OCH3 is 1. The van der Waals surface area contributed by atoms with E-state index in [1.165, 1.54) is 70.6 Å². The van der Waals surface area contributed by atoms with Gasteiger partial charge in [0.15, 0.2) is 11.5 Å². The number of carbonyl (C=O) groups is 1. The van der Waals surface area contributed by atoms with Gasteiger partial charge in [-0.2, -0.15) is 0 Å². The molecular weight excluding hydrogens is 440 g/mol. The highest BCUT2D eigenvalue weighted by Gasteiger charge is 2.09. The Morgan fingerprint density at radius 3 is 2.23 bits per heavy atom. The molecule has 0 radical (unpaired) electrons. The van der Waals surface area contributed by atoms with Gasteiger partial charge in [-0.05, 0) is 49.8 Å². The fourth-order valence-corrected chi connectivity index (χ4v) is 3.84. The van der Waals surface area contributed by atoms with E-state index in [1.54, 1.807) is 13.2 Å². The topological polar surface area (TPSA) is 93.8 Å². The zero-order valence-electron chi connectivity index (χ0n) is 22.2. The van der Waals surface area contributed by atoms with Crippen LogP contribution in [0.4, 0.5) is 0 Å². The van der Waals surface area contributed by atoms with Crippen LogP contribution in [0.2, 0.25) is 0 Å². The zero-order chi connectivity index (χ0) is 25.6. The van der Waals surface area contributed by atoms with Crippen LogP contribution in [-0.2, 0) is 11.3 Å². The molecule has 1 unspecified atom stereocenters. The summed E-state index contributed by atoms with van der Waals surface area (Å²) in [5.74, 6) is 1.23. The Morgan fingerprint density at radius 1 is 0.971 bits per heavy atom. The summed E-state index contributed by atoms with van der Waals surface area (Å²) in [5, 5.41) is 12.0. The molecule has 0 fully saturated rings. The predicted octanol–water partition coefficient (Wildman–Crippen LogP) is 6.05. The van der Waals surface area contributed by atoms with E-state index in [9.17, 15) is 4.79 Å². The summed E-state index contributed by atoms with van der Waals surface area (Å²) in [4.78, 5) is 12.2. The average Bonchev–Trinajstić information content (AvgIpc) is 2.88. The molecule has 1 aromatic carbocycles. The molecule has 0 saturated heterocycles. The number of unbranched alkanes of at least 4 members (excludes halogenated alkanes) is 11. The molecule has 4 N–H and O–H groups in total. The van der Waals surface area contributed by atoms with Crippen LogP contribution in [-0.4, -0.2) is 37.4 Å². The monoisotopic (exact) mass is 490 g/mol. The van der Waals surface area contributed by atoms with Gasteiger partial charge in [0.2, 0.25) is 5.91 Å². The minimum absolute atomic E-state index is 0.0795. The normalized spacial score (nSPS) is 12.1. The van der Waals surface area contributed by atoms with Crippen LogP contribution in [0.15, 0.2) is 30.4 Å². The predicted molar refractivity (Wildman–Crippen MR) is 145 cm³/mol. The maximum Gasteiger partial charge on any atom is 0.220 e. The first-order chi connectivity index (χ1) is 17.1. The lowest BCUT2D eigenvalue weighted by Gasteiger charge is -2.14. The number of nitrogens with two attached hydrogens (primary N) is 1. The maximum atomic E-state index is 12.2. The molecule has 0 aromatic heterocycles. The van der Waals surface area contributed by atoms with Crippen LogP contribution >= 0.6 is 0 Å². The number of amides is 1. The number of rotatable bonds is 22. The third-order valence-electron chi connectivity index (χ3n) is 6.07. The number of benzene rings is 1. The van der Waals surface area contributed by atoms with Gasteiger partial charge in [0.1, 0.15) is 6.61 Å². The Bertz CT molecular complexity index is 693. The van der Waals surface area contributed by atoms with Crippen LogP contribution in [0.1, 0.15) is 102 Å². The number of hydrogen-bond donors (Lipinski definition) is 3. The van der Waals surface area contributed by atoms with Crippen molar-refractivity contribution in [1.82, 2.24) is 5.32 Å².